The summed E-state index contributed by atoms with van der Waals surface area (Å²) in [4.78, 5) is 0.278. The van der Waals surface area contributed by atoms with Crippen LogP contribution in [-0.4, -0.2) is 24.2 Å². The van der Waals surface area contributed by atoms with Gasteiger partial charge in [-0.3, -0.25) is 4.68 Å². The molecule has 1 N–H and O–H groups in total. The molecule has 0 aliphatic carbocycles. The smallest absolute Gasteiger partial charge is 0.240 e. The summed E-state index contributed by atoms with van der Waals surface area (Å²) in [5.74, 6) is 0. The topological polar surface area (TPSA) is 64.0 Å². The maximum Gasteiger partial charge on any atom is 0.240 e. The molecule has 5 nitrogen and oxygen atoms in total. The minimum atomic E-state index is -3.48. The summed E-state index contributed by atoms with van der Waals surface area (Å²) < 4.78 is 28.8. The predicted molar refractivity (Wildman–Crippen MR) is 77.9 cm³/mol. The van der Waals surface area contributed by atoms with Gasteiger partial charge in [-0.05, 0) is 39.0 Å². The van der Waals surface area contributed by atoms with Crippen molar-refractivity contribution in [2.45, 2.75) is 38.3 Å². The summed E-state index contributed by atoms with van der Waals surface area (Å²) in [5, 5.41) is 4.33. The van der Waals surface area contributed by atoms with E-state index in [1.54, 1.807) is 30.3 Å². The van der Waals surface area contributed by atoms with Crippen LogP contribution in [0.25, 0.3) is 0 Å². The first kappa shape index (κ1) is 14.7. The van der Waals surface area contributed by atoms with Gasteiger partial charge in [-0.2, -0.15) is 5.10 Å². The van der Waals surface area contributed by atoms with Crippen molar-refractivity contribution in [2.75, 3.05) is 0 Å². The molecule has 0 unspecified atom stereocenters. The van der Waals surface area contributed by atoms with Crippen LogP contribution in [0.4, 0.5) is 0 Å². The Morgan fingerprint density at radius 3 is 2.45 bits per heavy atom. The summed E-state index contributed by atoms with van der Waals surface area (Å²) in [6, 6.07) is 10.1. The van der Waals surface area contributed by atoms with Crippen LogP contribution in [0.2, 0.25) is 0 Å². The van der Waals surface area contributed by atoms with Crippen molar-refractivity contribution in [2.24, 2.45) is 0 Å². The van der Waals surface area contributed by atoms with E-state index in [0.29, 0.717) is 6.54 Å². The van der Waals surface area contributed by atoms with E-state index in [2.05, 4.69) is 9.82 Å². The minimum Gasteiger partial charge on any atom is -0.268 e. The number of hydrogen-bond donors (Lipinski definition) is 1. The van der Waals surface area contributed by atoms with Crippen molar-refractivity contribution in [3.05, 3.63) is 47.8 Å². The second-order valence-electron chi connectivity index (χ2n) is 4.94. The Bertz CT molecular complexity index is 678. The molecular weight excluding hydrogens is 274 g/mol. The molecule has 20 heavy (non-hydrogen) atoms. The molecule has 0 amide bonds. The molecule has 2 aromatic rings. The third-order valence-electron chi connectivity index (χ3n) is 2.96. The van der Waals surface area contributed by atoms with Crippen LogP contribution in [0.1, 0.15) is 18.3 Å². The Morgan fingerprint density at radius 1 is 1.25 bits per heavy atom. The molecule has 108 valence electrons. The predicted octanol–water partition coefficient (Wildman–Crippen LogP) is 1.87. The summed E-state index contributed by atoms with van der Waals surface area (Å²) in [6.45, 7) is 6.21. The fourth-order valence-corrected chi connectivity index (χ4v) is 3.34. The van der Waals surface area contributed by atoms with E-state index in [1.807, 2.05) is 31.5 Å². The fourth-order valence-electron chi connectivity index (χ4n) is 2.09. The molecule has 0 saturated carbocycles. The average molecular weight is 293 g/mol. The van der Waals surface area contributed by atoms with E-state index in [0.717, 1.165) is 11.4 Å². The highest BCUT2D eigenvalue weighted by atomic mass is 32.2. The quantitative estimate of drug-likeness (QED) is 0.915. The lowest BCUT2D eigenvalue weighted by molar-refractivity contribution is 0.485. The van der Waals surface area contributed by atoms with Crippen LogP contribution < -0.4 is 4.72 Å². The molecule has 0 aliphatic heterocycles. The Hall–Kier alpha value is -1.66. The van der Waals surface area contributed by atoms with Gasteiger partial charge in [0, 0.05) is 11.7 Å². The van der Waals surface area contributed by atoms with Gasteiger partial charge in [0.2, 0.25) is 10.0 Å². The Labute approximate surface area is 119 Å². The maximum absolute atomic E-state index is 12.2. The van der Waals surface area contributed by atoms with E-state index in [4.69, 9.17) is 0 Å². The number of aromatic nitrogens is 2. The highest BCUT2D eigenvalue weighted by molar-refractivity contribution is 7.89. The van der Waals surface area contributed by atoms with Crippen LogP contribution in [0.15, 0.2) is 41.3 Å². The zero-order valence-corrected chi connectivity index (χ0v) is 12.7. The van der Waals surface area contributed by atoms with Gasteiger partial charge in [-0.15, -0.1) is 0 Å². The molecule has 1 heterocycles. The molecule has 0 bridgehead atoms. The number of aryl methyl sites for hydroxylation is 2. The first-order chi connectivity index (χ1) is 9.38. The number of rotatable bonds is 5. The number of nitrogens with one attached hydrogen (secondary N) is 1. The lowest BCUT2D eigenvalue weighted by Gasteiger charge is -2.15. The highest BCUT2D eigenvalue weighted by Gasteiger charge is 2.17. The third kappa shape index (κ3) is 3.46. The van der Waals surface area contributed by atoms with Crippen molar-refractivity contribution in [3.8, 4) is 0 Å². The van der Waals surface area contributed by atoms with Crippen molar-refractivity contribution < 1.29 is 8.42 Å². The first-order valence-corrected chi connectivity index (χ1v) is 7.95. The number of hydrogen-bond acceptors (Lipinski definition) is 3. The number of nitrogens with zero attached hydrogens (tertiary/aromatic N) is 2. The van der Waals surface area contributed by atoms with Crippen molar-refractivity contribution >= 4 is 10.0 Å². The minimum absolute atomic E-state index is 0.238. The van der Waals surface area contributed by atoms with Gasteiger partial charge in [-0.1, -0.05) is 18.2 Å². The van der Waals surface area contributed by atoms with Crippen LogP contribution in [-0.2, 0) is 16.6 Å². The first-order valence-electron chi connectivity index (χ1n) is 6.47. The molecule has 6 heteroatoms. The third-order valence-corrected chi connectivity index (χ3v) is 4.57. The van der Waals surface area contributed by atoms with Gasteiger partial charge >= 0.3 is 0 Å². The monoisotopic (exact) mass is 293 g/mol. The lowest BCUT2D eigenvalue weighted by atomic mass is 10.3. The van der Waals surface area contributed by atoms with Crippen LogP contribution >= 0.6 is 0 Å². The summed E-state index contributed by atoms with van der Waals surface area (Å²) >= 11 is 0. The van der Waals surface area contributed by atoms with Crippen LogP contribution in [0, 0.1) is 13.8 Å². The molecular formula is C14H19N3O2S. The van der Waals surface area contributed by atoms with Gasteiger partial charge in [0.1, 0.15) is 0 Å². The summed E-state index contributed by atoms with van der Waals surface area (Å²) in [5.41, 5.74) is 1.95. The van der Waals surface area contributed by atoms with Crippen molar-refractivity contribution in [1.82, 2.24) is 14.5 Å². The van der Waals surface area contributed by atoms with E-state index in [1.165, 1.54) is 0 Å². The normalized spacial score (nSPS) is 13.3. The Kier molecular flexibility index (Phi) is 4.25. The van der Waals surface area contributed by atoms with E-state index in [9.17, 15) is 8.42 Å². The van der Waals surface area contributed by atoms with Gasteiger partial charge in [-0.25, -0.2) is 13.1 Å². The Balaban J connectivity index is 2.08. The van der Waals surface area contributed by atoms with E-state index in [-0.39, 0.29) is 10.9 Å². The summed E-state index contributed by atoms with van der Waals surface area (Å²) in [7, 11) is -3.48. The van der Waals surface area contributed by atoms with Crippen LogP contribution in [0.3, 0.4) is 0 Å². The van der Waals surface area contributed by atoms with Gasteiger partial charge in [0.25, 0.3) is 0 Å². The SMILES string of the molecule is Cc1cc(C)n(C[C@H](C)NS(=O)(=O)c2ccccc2)n1. The van der Waals surface area contributed by atoms with Crippen molar-refractivity contribution in [3.63, 3.8) is 0 Å². The highest BCUT2D eigenvalue weighted by Crippen LogP contribution is 2.09. The zero-order chi connectivity index (χ0) is 14.8. The molecule has 2 rings (SSSR count). The summed E-state index contributed by atoms with van der Waals surface area (Å²) in [6.07, 6.45) is 0. The second-order valence-corrected chi connectivity index (χ2v) is 6.66. The molecule has 0 aliphatic rings. The van der Waals surface area contributed by atoms with Gasteiger partial charge < -0.3 is 0 Å². The van der Waals surface area contributed by atoms with Crippen LogP contribution in [0.5, 0.6) is 0 Å². The fraction of sp³-hybridized carbons (Fsp3) is 0.357. The van der Waals surface area contributed by atoms with Gasteiger partial charge in [0.05, 0.1) is 17.1 Å². The van der Waals surface area contributed by atoms with Crippen molar-refractivity contribution in [1.29, 1.82) is 0 Å². The second kappa shape index (κ2) is 5.76. The standard InChI is InChI=1S/C14H19N3O2S/c1-11-9-13(3)17(15-11)10-12(2)16-20(18,19)14-7-5-4-6-8-14/h4-9,12,16H,10H2,1-3H3/t12-/m0/s1. The molecule has 0 fully saturated rings. The number of benzene rings is 1. The average Bonchev–Trinajstić information content (AvgIpc) is 2.68. The van der Waals surface area contributed by atoms with E-state index >= 15 is 0 Å². The zero-order valence-electron chi connectivity index (χ0n) is 11.9. The Morgan fingerprint density at radius 2 is 1.90 bits per heavy atom. The lowest BCUT2D eigenvalue weighted by Crippen LogP contribution is -2.36. The molecule has 1 aromatic carbocycles. The molecule has 1 aromatic heterocycles. The molecule has 0 spiro atoms. The van der Waals surface area contributed by atoms with Gasteiger partial charge in [0.15, 0.2) is 0 Å². The molecule has 0 radical (unpaired) electrons. The molecule has 0 saturated heterocycles. The molecule has 1 atom stereocenters. The van der Waals surface area contributed by atoms with E-state index < -0.39 is 10.0 Å². The maximum atomic E-state index is 12.2. The number of sulfonamides is 1. The largest absolute Gasteiger partial charge is 0.268 e.